The summed E-state index contributed by atoms with van der Waals surface area (Å²) >= 11 is 3.40. The molecule has 134 valence electrons. The lowest BCUT2D eigenvalue weighted by Crippen LogP contribution is -2.42. The second-order valence-electron chi connectivity index (χ2n) is 6.57. The van der Waals surface area contributed by atoms with E-state index in [0.29, 0.717) is 12.2 Å². The topological polar surface area (TPSA) is 90.6 Å². The van der Waals surface area contributed by atoms with Crippen LogP contribution in [-0.4, -0.2) is 30.3 Å². The van der Waals surface area contributed by atoms with E-state index in [9.17, 15) is 9.59 Å². The van der Waals surface area contributed by atoms with Crippen LogP contribution in [0.25, 0.3) is 0 Å². The fraction of sp³-hybridized carbons (Fsp3) is 0.529. The predicted octanol–water partition coefficient (Wildman–Crippen LogP) is 3.30. The maximum absolute atomic E-state index is 11.9. The molecular formula is C17H25BrN2O4. The molecule has 1 aromatic rings. The van der Waals surface area contributed by atoms with Crippen LogP contribution in [0.2, 0.25) is 0 Å². The first kappa shape index (κ1) is 20.3. The molecule has 0 aliphatic heterocycles. The van der Waals surface area contributed by atoms with Crippen molar-refractivity contribution < 1.29 is 19.1 Å². The SMILES string of the molecule is Cc1ccc(Br)cc1OC[C@H](CCC(N)=O)NC(=O)OC(C)(C)C. The van der Waals surface area contributed by atoms with Gasteiger partial charge in [-0.15, -0.1) is 0 Å². The van der Waals surface area contributed by atoms with Gasteiger partial charge in [0.25, 0.3) is 0 Å². The molecule has 0 saturated heterocycles. The van der Waals surface area contributed by atoms with Crippen molar-refractivity contribution in [3.63, 3.8) is 0 Å². The van der Waals surface area contributed by atoms with Crippen molar-refractivity contribution in [3.05, 3.63) is 28.2 Å². The largest absolute Gasteiger partial charge is 0.491 e. The lowest BCUT2D eigenvalue weighted by molar-refractivity contribution is -0.118. The fourth-order valence-electron chi connectivity index (χ4n) is 1.91. The number of alkyl carbamates (subject to hydrolysis) is 1. The molecule has 0 aliphatic carbocycles. The Bertz CT molecular complexity index is 584. The first-order valence-electron chi connectivity index (χ1n) is 7.73. The second kappa shape index (κ2) is 8.92. The van der Waals surface area contributed by atoms with Gasteiger partial charge in [-0.3, -0.25) is 4.79 Å². The molecule has 0 radical (unpaired) electrons. The molecule has 0 aromatic heterocycles. The van der Waals surface area contributed by atoms with Crippen LogP contribution in [0.4, 0.5) is 4.79 Å². The minimum Gasteiger partial charge on any atom is -0.491 e. The molecule has 0 bridgehead atoms. The first-order valence-corrected chi connectivity index (χ1v) is 8.53. The van der Waals surface area contributed by atoms with Crippen molar-refractivity contribution in [2.24, 2.45) is 5.73 Å². The van der Waals surface area contributed by atoms with Crippen molar-refractivity contribution in [3.8, 4) is 5.75 Å². The van der Waals surface area contributed by atoms with Crippen LogP contribution in [-0.2, 0) is 9.53 Å². The number of hydrogen-bond acceptors (Lipinski definition) is 4. The van der Waals surface area contributed by atoms with E-state index in [2.05, 4.69) is 21.2 Å². The quantitative estimate of drug-likeness (QED) is 0.734. The van der Waals surface area contributed by atoms with Crippen LogP contribution in [0.5, 0.6) is 5.75 Å². The number of nitrogens with one attached hydrogen (secondary N) is 1. The van der Waals surface area contributed by atoms with Gasteiger partial charge in [0.1, 0.15) is 18.0 Å². The smallest absolute Gasteiger partial charge is 0.407 e. The van der Waals surface area contributed by atoms with Gasteiger partial charge in [0.15, 0.2) is 0 Å². The molecule has 0 spiro atoms. The number of carbonyl (C=O) groups is 2. The Hall–Kier alpha value is -1.76. The Morgan fingerprint density at radius 3 is 2.58 bits per heavy atom. The number of carbonyl (C=O) groups excluding carboxylic acids is 2. The first-order chi connectivity index (χ1) is 11.1. The van der Waals surface area contributed by atoms with Crippen LogP contribution in [0.1, 0.15) is 39.2 Å². The number of amides is 2. The van der Waals surface area contributed by atoms with Gasteiger partial charge in [0.2, 0.25) is 5.91 Å². The molecule has 6 nitrogen and oxygen atoms in total. The summed E-state index contributed by atoms with van der Waals surface area (Å²) < 4.78 is 11.9. The number of rotatable bonds is 7. The number of hydrogen-bond donors (Lipinski definition) is 2. The van der Waals surface area contributed by atoms with Crippen molar-refractivity contribution in [1.29, 1.82) is 0 Å². The molecule has 0 fully saturated rings. The highest BCUT2D eigenvalue weighted by Crippen LogP contribution is 2.23. The summed E-state index contributed by atoms with van der Waals surface area (Å²) in [5, 5.41) is 2.73. The van der Waals surface area contributed by atoms with Crippen LogP contribution in [0.15, 0.2) is 22.7 Å². The average molecular weight is 401 g/mol. The zero-order valence-electron chi connectivity index (χ0n) is 14.5. The van der Waals surface area contributed by atoms with Crippen molar-refractivity contribution in [1.82, 2.24) is 5.32 Å². The van der Waals surface area contributed by atoms with E-state index in [4.69, 9.17) is 15.2 Å². The zero-order valence-corrected chi connectivity index (χ0v) is 16.1. The standard InChI is InChI=1S/C17H25BrN2O4/c1-11-5-6-12(18)9-14(11)23-10-13(7-8-15(19)21)20-16(22)24-17(2,3)4/h5-6,9,13H,7-8,10H2,1-4H3,(H2,19,21)(H,20,22)/t13-/m0/s1. The monoisotopic (exact) mass is 400 g/mol. The number of benzene rings is 1. The third-order valence-electron chi connectivity index (χ3n) is 3.05. The Labute approximate surface area is 151 Å². The van der Waals surface area contributed by atoms with E-state index in [-0.39, 0.29) is 19.1 Å². The van der Waals surface area contributed by atoms with Gasteiger partial charge in [-0.1, -0.05) is 22.0 Å². The number of halogens is 1. The molecule has 0 unspecified atom stereocenters. The number of ether oxygens (including phenoxy) is 2. The highest BCUT2D eigenvalue weighted by atomic mass is 79.9. The molecule has 2 amide bonds. The normalized spacial score (nSPS) is 12.4. The minimum absolute atomic E-state index is 0.154. The molecule has 0 heterocycles. The third-order valence-corrected chi connectivity index (χ3v) is 3.54. The zero-order chi connectivity index (χ0) is 18.3. The second-order valence-corrected chi connectivity index (χ2v) is 7.48. The van der Waals surface area contributed by atoms with Crippen molar-refractivity contribution in [2.45, 2.75) is 52.2 Å². The van der Waals surface area contributed by atoms with Gasteiger partial charge in [-0.25, -0.2) is 4.79 Å². The molecule has 3 N–H and O–H groups in total. The lowest BCUT2D eigenvalue weighted by atomic mass is 10.1. The van der Waals surface area contributed by atoms with Gasteiger partial charge in [0, 0.05) is 10.9 Å². The van der Waals surface area contributed by atoms with E-state index < -0.39 is 17.6 Å². The summed E-state index contributed by atoms with van der Waals surface area (Å²) in [7, 11) is 0. The third kappa shape index (κ3) is 8.19. The predicted molar refractivity (Wildman–Crippen MR) is 96.0 cm³/mol. The van der Waals surface area contributed by atoms with Crippen molar-refractivity contribution >= 4 is 27.9 Å². The van der Waals surface area contributed by atoms with E-state index in [0.717, 1.165) is 10.0 Å². The number of primary amides is 1. The van der Waals surface area contributed by atoms with Gasteiger partial charge in [-0.2, -0.15) is 0 Å². The Balaban J connectivity index is 2.69. The van der Waals surface area contributed by atoms with E-state index in [1.54, 1.807) is 20.8 Å². The highest BCUT2D eigenvalue weighted by molar-refractivity contribution is 9.10. The summed E-state index contributed by atoms with van der Waals surface area (Å²) in [6.45, 7) is 7.50. The molecule has 0 aliphatic rings. The van der Waals surface area contributed by atoms with E-state index >= 15 is 0 Å². The maximum Gasteiger partial charge on any atom is 0.407 e. The molecule has 1 aromatic carbocycles. The highest BCUT2D eigenvalue weighted by Gasteiger charge is 2.20. The molecule has 0 saturated carbocycles. The molecule has 1 rings (SSSR count). The van der Waals surface area contributed by atoms with Crippen molar-refractivity contribution in [2.75, 3.05) is 6.61 Å². The Kier molecular flexibility index (Phi) is 7.54. The number of nitrogens with two attached hydrogens (primary N) is 1. The van der Waals surface area contributed by atoms with E-state index in [1.807, 2.05) is 25.1 Å². The van der Waals surface area contributed by atoms with Gasteiger partial charge >= 0.3 is 6.09 Å². The summed E-state index contributed by atoms with van der Waals surface area (Å²) in [5.41, 5.74) is 5.57. The Morgan fingerprint density at radius 1 is 1.33 bits per heavy atom. The summed E-state index contributed by atoms with van der Waals surface area (Å²) in [5.74, 6) is 0.282. The Morgan fingerprint density at radius 2 is 2.00 bits per heavy atom. The van der Waals surface area contributed by atoms with Gasteiger partial charge in [-0.05, 0) is 51.8 Å². The average Bonchev–Trinajstić information content (AvgIpc) is 2.43. The molecular weight excluding hydrogens is 376 g/mol. The van der Waals surface area contributed by atoms with E-state index in [1.165, 1.54) is 0 Å². The number of aryl methyl sites for hydroxylation is 1. The van der Waals surface area contributed by atoms with Gasteiger partial charge < -0.3 is 20.5 Å². The van der Waals surface area contributed by atoms with Gasteiger partial charge in [0.05, 0.1) is 6.04 Å². The molecule has 1 atom stereocenters. The summed E-state index contributed by atoms with van der Waals surface area (Å²) in [6, 6.07) is 5.32. The summed E-state index contributed by atoms with van der Waals surface area (Å²) in [6.07, 6.45) is -0.0188. The van der Waals surface area contributed by atoms with Crippen LogP contribution in [0.3, 0.4) is 0 Å². The molecule has 7 heteroatoms. The van der Waals surface area contributed by atoms with Crippen LogP contribution in [0, 0.1) is 6.92 Å². The lowest BCUT2D eigenvalue weighted by Gasteiger charge is -2.24. The maximum atomic E-state index is 11.9. The minimum atomic E-state index is -0.597. The summed E-state index contributed by atoms with van der Waals surface area (Å²) in [4.78, 5) is 23.0. The molecule has 24 heavy (non-hydrogen) atoms. The fourth-order valence-corrected chi connectivity index (χ4v) is 2.25. The van der Waals surface area contributed by atoms with Crippen LogP contribution < -0.4 is 15.8 Å². The van der Waals surface area contributed by atoms with Crippen LogP contribution >= 0.6 is 15.9 Å².